The summed E-state index contributed by atoms with van der Waals surface area (Å²) >= 11 is 0. The van der Waals surface area contributed by atoms with Crippen molar-refractivity contribution in [1.29, 1.82) is 0 Å². The summed E-state index contributed by atoms with van der Waals surface area (Å²) in [5.74, 6) is 0.963. The number of rotatable bonds is 9. The molecular formula is C22H24O4. The first-order valence-corrected chi connectivity index (χ1v) is 8.69. The molecule has 0 aliphatic carbocycles. The molecule has 0 heterocycles. The van der Waals surface area contributed by atoms with Crippen molar-refractivity contribution in [2.24, 2.45) is 0 Å². The molecule has 0 spiro atoms. The molecule has 0 aliphatic heterocycles. The summed E-state index contributed by atoms with van der Waals surface area (Å²) in [7, 11) is 0. The molecule has 2 aromatic carbocycles. The number of carbonyl (C=O) groups is 1. The maximum Gasteiger partial charge on any atom is 0.331 e. The van der Waals surface area contributed by atoms with Crippen molar-refractivity contribution in [3.63, 3.8) is 0 Å². The van der Waals surface area contributed by atoms with E-state index in [0.717, 1.165) is 11.1 Å². The molecule has 4 heteroatoms. The Labute approximate surface area is 154 Å². The molecule has 0 radical (unpaired) electrons. The van der Waals surface area contributed by atoms with Gasteiger partial charge in [0.2, 0.25) is 0 Å². The SMILES string of the molecule is CCOc1ccc(/C=C/C(=O)OC/C=C/c2ccccc2)cc1OCC. The van der Waals surface area contributed by atoms with Crippen LogP contribution in [-0.4, -0.2) is 25.8 Å². The van der Waals surface area contributed by atoms with Crippen LogP contribution in [0.2, 0.25) is 0 Å². The molecule has 0 saturated carbocycles. The van der Waals surface area contributed by atoms with E-state index in [-0.39, 0.29) is 6.61 Å². The van der Waals surface area contributed by atoms with Crippen molar-refractivity contribution in [3.05, 3.63) is 71.8 Å². The highest BCUT2D eigenvalue weighted by atomic mass is 16.5. The van der Waals surface area contributed by atoms with Gasteiger partial charge in [0.1, 0.15) is 6.61 Å². The molecule has 4 nitrogen and oxygen atoms in total. The zero-order valence-electron chi connectivity index (χ0n) is 15.2. The fourth-order valence-electron chi connectivity index (χ4n) is 2.26. The Morgan fingerprint density at radius 3 is 2.35 bits per heavy atom. The first-order valence-electron chi connectivity index (χ1n) is 8.69. The third kappa shape index (κ3) is 6.48. The zero-order valence-corrected chi connectivity index (χ0v) is 15.2. The van der Waals surface area contributed by atoms with Gasteiger partial charge in [-0.15, -0.1) is 0 Å². The monoisotopic (exact) mass is 352 g/mol. The van der Waals surface area contributed by atoms with Gasteiger partial charge in [0, 0.05) is 6.08 Å². The lowest BCUT2D eigenvalue weighted by Crippen LogP contribution is -2.00. The van der Waals surface area contributed by atoms with E-state index in [1.165, 1.54) is 6.08 Å². The normalized spacial score (nSPS) is 11.0. The van der Waals surface area contributed by atoms with Gasteiger partial charge in [-0.05, 0) is 49.3 Å². The van der Waals surface area contributed by atoms with Crippen LogP contribution in [0.25, 0.3) is 12.2 Å². The standard InChI is InChI=1S/C22H24O4/c1-3-24-20-14-12-19(17-21(20)25-4-2)13-15-22(23)26-16-8-11-18-9-6-5-7-10-18/h5-15,17H,3-4,16H2,1-2H3/b11-8+,15-13+. The van der Waals surface area contributed by atoms with Crippen LogP contribution >= 0.6 is 0 Å². The van der Waals surface area contributed by atoms with Crippen molar-refractivity contribution in [3.8, 4) is 11.5 Å². The molecule has 26 heavy (non-hydrogen) atoms. The van der Waals surface area contributed by atoms with E-state index in [9.17, 15) is 4.79 Å². The molecule has 0 atom stereocenters. The Bertz CT molecular complexity index is 748. The Balaban J connectivity index is 1.88. The Hall–Kier alpha value is -3.01. The molecule has 0 unspecified atom stereocenters. The summed E-state index contributed by atoms with van der Waals surface area (Å²) < 4.78 is 16.3. The number of hydrogen-bond donors (Lipinski definition) is 0. The van der Waals surface area contributed by atoms with Crippen LogP contribution in [-0.2, 0) is 9.53 Å². The minimum Gasteiger partial charge on any atom is -0.490 e. The van der Waals surface area contributed by atoms with Gasteiger partial charge >= 0.3 is 5.97 Å². The maximum absolute atomic E-state index is 11.8. The molecule has 0 N–H and O–H groups in total. The average molecular weight is 352 g/mol. The van der Waals surface area contributed by atoms with E-state index in [2.05, 4.69) is 0 Å². The number of ether oxygens (including phenoxy) is 3. The van der Waals surface area contributed by atoms with E-state index in [1.54, 1.807) is 6.08 Å². The predicted octanol–water partition coefficient (Wildman–Crippen LogP) is 4.75. The molecule has 136 valence electrons. The Morgan fingerprint density at radius 1 is 0.885 bits per heavy atom. The number of esters is 1. The summed E-state index contributed by atoms with van der Waals surface area (Å²) in [6.45, 7) is 5.18. The van der Waals surface area contributed by atoms with Crippen molar-refractivity contribution in [1.82, 2.24) is 0 Å². The first-order chi connectivity index (χ1) is 12.7. The second-order valence-electron chi connectivity index (χ2n) is 5.35. The van der Waals surface area contributed by atoms with Crippen molar-refractivity contribution in [2.45, 2.75) is 13.8 Å². The summed E-state index contributed by atoms with van der Waals surface area (Å²) in [5, 5.41) is 0. The summed E-state index contributed by atoms with van der Waals surface area (Å²) in [6, 6.07) is 15.4. The van der Waals surface area contributed by atoms with Crippen LogP contribution in [0.4, 0.5) is 0 Å². The van der Waals surface area contributed by atoms with Crippen LogP contribution in [0.15, 0.2) is 60.7 Å². The van der Waals surface area contributed by atoms with Gasteiger partial charge in [0.25, 0.3) is 0 Å². The Kier molecular flexibility index (Phi) is 8.00. The lowest BCUT2D eigenvalue weighted by molar-refractivity contribution is -0.136. The van der Waals surface area contributed by atoms with Gasteiger partial charge in [-0.3, -0.25) is 0 Å². The van der Waals surface area contributed by atoms with Gasteiger partial charge < -0.3 is 14.2 Å². The van der Waals surface area contributed by atoms with Gasteiger partial charge in [-0.2, -0.15) is 0 Å². The summed E-state index contributed by atoms with van der Waals surface area (Å²) in [4.78, 5) is 11.8. The third-order valence-electron chi connectivity index (χ3n) is 3.41. The van der Waals surface area contributed by atoms with E-state index in [4.69, 9.17) is 14.2 Å². The first kappa shape index (κ1) is 19.3. The molecule has 0 aromatic heterocycles. The Morgan fingerprint density at radius 2 is 1.62 bits per heavy atom. The number of carbonyl (C=O) groups excluding carboxylic acids is 1. The maximum atomic E-state index is 11.8. The molecule has 0 aliphatic rings. The van der Waals surface area contributed by atoms with Crippen LogP contribution in [0.3, 0.4) is 0 Å². The number of hydrogen-bond acceptors (Lipinski definition) is 4. The lowest BCUT2D eigenvalue weighted by atomic mass is 10.2. The van der Waals surface area contributed by atoms with Gasteiger partial charge in [0.15, 0.2) is 11.5 Å². The third-order valence-corrected chi connectivity index (χ3v) is 3.41. The van der Waals surface area contributed by atoms with Crippen molar-refractivity contribution < 1.29 is 19.0 Å². The molecule has 0 bridgehead atoms. The highest BCUT2D eigenvalue weighted by Crippen LogP contribution is 2.29. The van der Waals surface area contributed by atoms with Crippen LogP contribution in [0, 0.1) is 0 Å². The molecule has 0 saturated heterocycles. The van der Waals surface area contributed by atoms with Crippen LogP contribution in [0.5, 0.6) is 11.5 Å². The topological polar surface area (TPSA) is 44.8 Å². The van der Waals surface area contributed by atoms with Gasteiger partial charge in [0.05, 0.1) is 13.2 Å². The fourth-order valence-corrected chi connectivity index (χ4v) is 2.26. The van der Waals surface area contributed by atoms with E-state index in [1.807, 2.05) is 74.5 Å². The lowest BCUT2D eigenvalue weighted by Gasteiger charge is -2.11. The van der Waals surface area contributed by atoms with Crippen LogP contribution < -0.4 is 9.47 Å². The van der Waals surface area contributed by atoms with Crippen LogP contribution in [0.1, 0.15) is 25.0 Å². The molecular weight excluding hydrogens is 328 g/mol. The second-order valence-corrected chi connectivity index (χ2v) is 5.35. The predicted molar refractivity (Wildman–Crippen MR) is 104 cm³/mol. The van der Waals surface area contributed by atoms with E-state index in [0.29, 0.717) is 24.7 Å². The summed E-state index contributed by atoms with van der Waals surface area (Å²) in [6.07, 6.45) is 6.83. The van der Waals surface area contributed by atoms with Gasteiger partial charge in [-0.25, -0.2) is 4.79 Å². The number of benzene rings is 2. The van der Waals surface area contributed by atoms with Crippen molar-refractivity contribution in [2.75, 3.05) is 19.8 Å². The highest BCUT2D eigenvalue weighted by Gasteiger charge is 2.05. The smallest absolute Gasteiger partial charge is 0.331 e. The zero-order chi connectivity index (χ0) is 18.6. The average Bonchev–Trinajstić information content (AvgIpc) is 2.66. The van der Waals surface area contributed by atoms with Crippen molar-refractivity contribution >= 4 is 18.1 Å². The molecule has 0 amide bonds. The quantitative estimate of drug-likeness (QED) is 0.482. The molecule has 0 fully saturated rings. The molecule has 2 aromatic rings. The fraction of sp³-hybridized carbons (Fsp3) is 0.227. The highest BCUT2D eigenvalue weighted by molar-refractivity contribution is 5.87. The summed E-state index contributed by atoms with van der Waals surface area (Å²) in [5.41, 5.74) is 1.91. The largest absolute Gasteiger partial charge is 0.490 e. The molecule has 2 rings (SSSR count). The second kappa shape index (κ2) is 10.8. The van der Waals surface area contributed by atoms with E-state index >= 15 is 0 Å². The minimum absolute atomic E-state index is 0.228. The minimum atomic E-state index is -0.394. The van der Waals surface area contributed by atoms with E-state index < -0.39 is 5.97 Å². The van der Waals surface area contributed by atoms with Gasteiger partial charge in [-0.1, -0.05) is 42.5 Å².